The number of rotatable bonds is 8. The third-order valence-electron chi connectivity index (χ3n) is 4.49. The maximum absolute atomic E-state index is 11.9. The molecule has 3 heterocycles. The summed E-state index contributed by atoms with van der Waals surface area (Å²) in [6.45, 7) is 4.22. The van der Waals surface area contributed by atoms with Gasteiger partial charge in [0.05, 0.1) is 0 Å². The molecule has 0 atom stereocenters. The highest BCUT2D eigenvalue weighted by Gasteiger charge is 2.11. The van der Waals surface area contributed by atoms with Gasteiger partial charge in [-0.3, -0.25) is 4.79 Å². The highest BCUT2D eigenvalue weighted by molar-refractivity contribution is 7.08. The number of carbonyl (C=O) groups excluding carboxylic acids is 1. The fraction of sp³-hybridized carbons (Fsp3) is 0.611. The van der Waals surface area contributed by atoms with Crippen LogP contribution in [0, 0.1) is 0 Å². The summed E-state index contributed by atoms with van der Waals surface area (Å²) < 4.78 is 5.21. The van der Waals surface area contributed by atoms with Gasteiger partial charge in [-0.2, -0.15) is 16.3 Å². The lowest BCUT2D eigenvalue weighted by atomic mass is 10.2. The Balaban J connectivity index is 1.30. The van der Waals surface area contributed by atoms with E-state index in [1.807, 2.05) is 16.8 Å². The molecule has 1 fully saturated rings. The molecule has 2 aromatic rings. The monoisotopic (exact) mass is 362 g/mol. The van der Waals surface area contributed by atoms with Crippen LogP contribution in [0.5, 0.6) is 0 Å². The zero-order chi connectivity index (χ0) is 17.3. The first kappa shape index (κ1) is 18.1. The molecular weight excluding hydrogens is 336 g/mol. The number of amides is 1. The van der Waals surface area contributed by atoms with Crippen LogP contribution < -0.4 is 5.32 Å². The van der Waals surface area contributed by atoms with Gasteiger partial charge in [-0.05, 0) is 50.3 Å². The predicted molar refractivity (Wildman–Crippen MR) is 98.5 cm³/mol. The Hall–Kier alpha value is -1.73. The SMILES string of the molecule is O=C(CCc1nc(-c2ccsc2)no1)NCCCN1CCCCCC1. The van der Waals surface area contributed by atoms with E-state index in [-0.39, 0.29) is 5.91 Å². The molecule has 1 aliphatic heterocycles. The Bertz CT molecular complexity index is 633. The number of hydrogen-bond acceptors (Lipinski definition) is 6. The molecule has 6 nitrogen and oxygen atoms in total. The van der Waals surface area contributed by atoms with Crippen molar-refractivity contribution in [3.05, 3.63) is 22.7 Å². The van der Waals surface area contributed by atoms with Gasteiger partial charge in [-0.25, -0.2) is 0 Å². The van der Waals surface area contributed by atoms with Crippen molar-refractivity contribution < 1.29 is 9.32 Å². The van der Waals surface area contributed by atoms with E-state index in [9.17, 15) is 4.79 Å². The van der Waals surface area contributed by atoms with E-state index in [4.69, 9.17) is 4.52 Å². The molecule has 1 amide bonds. The first-order valence-electron chi connectivity index (χ1n) is 9.15. The van der Waals surface area contributed by atoms with Gasteiger partial charge in [0.25, 0.3) is 0 Å². The van der Waals surface area contributed by atoms with Gasteiger partial charge >= 0.3 is 0 Å². The van der Waals surface area contributed by atoms with Crippen molar-refractivity contribution in [1.29, 1.82) is 0 Å². The van der Waals surface area contributed by atoms with Gasteiger partial charge in [0.15, 0.2) is 0 Å². The van der Waals surface area contributed by atoms with Crippen molar-refractivity contribution in [3.8, 4) is 11.4 Å². The van der Waals surface area contributed by atoms with Crippen LogP contribution in [-0.4, -0.2) is 47.1 Å². The third kappa shape index (κ3) is 5.93. The second-order valence-electron chi connectivity index (χ2n) is 6.48. The summed E-state index contributed by atoms with van der Waals surface area (Å²) in [7, 11) is 0. The molecule has 1 N–H and O–H groups in total. The summed E-state index contributed by atoms with van der Waals surface area (Å²) >= 11 is 1.60. The van der Waals surface area contributed by atoms with E-state index >= 15 is 0 Å². The molecule has 7 heteroatoms. The summed E-state index contributed by atoms with van der Waals surface area (Å²) in [6.07, 6.45) is 7.21. The lowest BCUT2D eigenvalue weighted by Crippen LogP contribution is -2.30. The minimum absolute atomic E-state index is 0.0474. The summed E-state index contributed by atoms with van der Waals surface area (Å²) in [5.74, 6) is 1.15. The molecule has 25 heavy (non-hydrogen) atoms. The first-order valence-corrected chi connectivity index (χ1v) is 10.1. The average molecular weight is 362 g/mol. The Kier molecular flexibility index (Phi) is 6.99. The maximum atomic E-state index is 11.9. The zero-order valence-electron chi connectivity index (χ0n) is 14.6. The highest BCUT2D eigenvalue weighted by Crippen LogP contribution is 2.18. The molecule has 1 saturated heterocycles. The quantitative estimate of drug-likeness (QED) is 0.731. The van der Waals surface area contributed by atoms with Crippen LogP contribution in [0.4, 0.5) is 0 Å². The summed E-state index contributed by atoms with van der Waals surface area (Å²) in [5.41, 5.74) is 0.956. The van der Waals surface area contributed by atoms with Gasteiger partial charge in [-0.1, -0.05) is 18.0 Å². The molecule has 0 saturated carbocycles. The smallest absolute Gasteiger partial charge is 0.227 e. The van der Waals surface area contributed by atoms with E-state index in [0.29, 0.717) is 24.6 Å². The second-order valence-corrected chi connectivity index (χ2v) is 7.26. The van der Waals surface area contributed by atoms with Crippen LogP contribution in [0.3, 0.4) is 0 Å². The Morgan fingerprint density at radius 2 is 2.12 bits per heavy atom. The predicted octanol–water partition coefficient (Wildman–Crippen LogP) is 3.11. The number of hydrogen-bond donors (Lipinski definition) is 1. The van der Waals surface area contributed by atoms with E-state index in [0.717, 1.165) is 25.1 Å². The third-order valence-corrected chi connectivity index (χ3v) is 5.17. The number of aromatic nitrogens is 2. The van der Waals surface area contributed by atoms with Gasteiger partial charge in [-0.15, -0.1) is 0 Å². The van der Waals surface area contributed by atoms with Crippen molar-refractivity contribution in [3.63, 3.8) is 0 Å². The number of aryl methyl sites for hydroxylation is 1. The standard InChI is InChI=1S/C18H26N4O2S/c23-16(19-9-5-12-22-10-3-1-2-4-11-22)6-7-17-20-18(21-24-17)15-8-13-25-14-15/h8,13-14H,1-7,9-12H2,(H,19,23). The molecule has 1 aliphatic rings. The Morgan fingerprint density at radius 1 is 1.28 bits per heavy atom. The van der Waals surface area contributed by atoms with E-state index in [2.05, 4.69) is 20.4 Å². The molecule has 0 radical (unpaired) electrons. The molecule has 2 aromatic heterocycles. The number of nitrogens with one attached hydrogen (secondary N) is 1. The lowest BCUT2D eigenvalue weighted by molar-refractivity contribution is -0.121. The van der Waals surface area contributed by atoms with Gasteiger partial charge < -0.3 is 14.7 Å². The zero-order valence-corrected chi connectivity index (χ0v) is 15.4. The summed E-state index contributed by atoms with van der Waals surface area (Å²) in [4.78, 5) is 18.8. The number of likely N-dealkylation sites (tertiary alicyclic amines) is 1. The largest absolute Gasteiger partial charge is 0.356 e. The molecule has 0 unspecified atom stereocenters. The molecular formula is C18H26N4O2S. The lowest BCUT2D eigenvalue weighted by Gasteiger charge is -2.19. The number of nitrogens with zero attached hydrogens (tertiary/aromatic N) is 3. The maximum Gasteiger partial charge on any atom is 0.227 e. The van der Waals surface area contributed by atoms with Crippen molar-refractivity contribution in [2.75, 3.05) is 26.2 Å². The van der Waals surface area contributed by atoms with Crippen LogP contribution >= 0.6 is 11.3 Å². The van der Waals surface area contributed by atoms with Crippen LogP contribution in [0.1, 0.15) is 44.4 Å². The van der Waals surface area contributed by atoms with Gasteiger partial charge in [0.1, 0.15) is 0 Å². The first-order chi connectivity index (χ1) is 12.3. The van der Waals surface area contributed by atoms with Gasteiger partial charge in [0.2, 0.25) is 17.6 Å². The minimum Gasteiger partial charge on any atom is -0.356 e. The second kappa shape index (κ2) is 9.68. The van der Waals surface area contributed by atoms with Crippen LogP contribution in [0.2, 0.25) is 0 Å². The summed E-state index contributed by atoms with van der Waals surface area (Å²) in [6, 6.07) is 1.95. The van der Waals surface area contributed by atoms with Crippen LogP contribution in [0.25, 0.3) is 11.4 Å². The topological polar surface area (TPSA) is 71.3 Å². The minimum atomic E-state index is 0.0474. The molecule has 0 aliphatic carbocycles. The summed E-state index contributed by atoms with van der Waals surface area (Å²) in [5, 5.41) is 10.9. The number of thiophene rings is 1. The highest BCUT2D eigenvalue weighted by atomic mass is 32.1. The van der Waals surface area contributed by atoms with E-state index in [1.54, 1.807) is 11.3 Å². The molecule has 0 aromatic carbocycles. The van der Waals surface area contributed by atoms with Crippen molar-refractivity contribution in [1.82, 2.24) is 20.4 Å². The van der Waals surface area contributed by atoms with Crippen molar-refractivity contribution >= 4 is 17.2 Å². The molecule has 0 spiro atoms. The van der Waals surface area contributed by atoms with Crippen LogP contribution in [-0.2, 0) is 11.2 Å². The average Bonchev–Trinajstić information content (AvgIpc) is 3.24. The van der Waals surface area contributed by atoms with Crippen molar-refractivity contribution in [2.45, 2.75) is 44.9 Å². The fourth-order valence-corrected chi connectivity index (χ4v) is 3.70. The van der Waals surface area contributed by atoms with E-state index < -0.39 is 0 Å². The molecule has 0 bridgehead atoms. The van der Waals surface area contributed by atoms with Crippen molar-refractivity contribution in [2.24, 2.45) is 0 Å². The Morgan fingerprint density at radius 3 is 2.88 bits per heavy atom. The van der Waals surface area contributed by atoms with Crippen LogP contribution in [0.15, 0.2) is 21.3 Å². The molecule has 136 valence electrons. The fourth-order valence-electron chi connectivity index (χ4n) is 3.06. The van der Waals surface area contributed by atoms with Gasteiger partial charge in [0, 0.05) is 30.3 Å². The van der Waals surface area contributed by atoms with E-state index in [1.165, 1.54) is 38.8 Å². The normalized spacial score (nSPS) is 15.8. The number of carbonyl (C=O) groups is 1. The molecule has 3 rings (SSSR count). The Labute approximate surface area is 152 Å².